The summed E-state index contributed by atoms with van der Waals surface area (Å²) in [6, 6.07) is 10.7. The summed E-state index contributed by atoms with van der Waals surface area (Å²) in [5.41, 5.74) is 1.25. The van der Waals surface area contributed by atoms with Crippen LogP contribution in [0.25, 0.3) is 0 Å². The van der Waals surface area contributed by atoms with E-state index in [1.807, 2.05) is 6.07 Å². The van der Waals surface area contributed by atoms with E-state index in [2.05, 4.69) is 34.5 Å². The zero-order valence-electron chi connectivity index (χ0n) is 15.7. The Labute approximate surface area is 156 Å². The van der Waals surface area contributed by atoms with E-state index in [4.69, 9.17) is 0 Å². The lowest BCUT2D eigenvalue weighted by Crippen LogP contribution is -2.45. The van der Waals surface area contributed by atoms with Crippen LogP contribution >= 0.6 is 0 Å². The van der Waals surface area contributed by atoms with E-state index in [0.29, 0.717) is 19.5 Å². The molecule has 142 valence electrons. The van der Waals surface area contributed by atoms with Crippen LogP contribution in [0.2, 0.25) is 0 Å². The van der Waals surface area contributed by atoms with E-state index in [0.717, 1.165) is 25.9 Å². The average molecular weight is 357 g/mol. The van der Waals surface area contributed by atoms with Crippen LogP contribution in [-0.2, 0) is 9.59 Å². The van der Waals surface area contributed by atoms with Crippen molar-refractivity contribution in [2.75, 3.05) is 32.7 Å². The van der Waals surface area contributed by atoms with Gasteiger partial charge in [-0.15, -0.1) is 0 Å². The maximum absolute atomic E-state index is 12.4. The van der Waals surface area contributed by atoms with Crippen molar-refractivity contribution in [1.29, 1.82) is 0 Å². The summed E-state index contributed by atoms with van der Waals surface area (Å²) in [6.07, 6.45) is 7.55. The van der Waals surface area contributed by atoms with Gasteiger partial charge in [0, 0.05) is 19.5 Å². The number of piperidine rings is 1. The highest BCUT2D eigenvalue weighted by atomic mass is 16.2. The first-order valence-electron chi connectivity index (χ1n) is 10.1. The van der Waals surface area contributed by atoms with Crippen LogP contribution in [0.3, 0.4) is 0 Å². The van der Waals surface area contributed by atoms with Crippen molar-refractivity contribution in [2.24, 2.45) is 0 Å². The Bertz CT molecular complexity index is 582. The number of nitrogens with one attached hydrogen (secondary N) is 1. The van der Waals surface area contributed by atoms with Gasteiger partial charge in [0.05, 0.1) is 12.6 Å². The van der Waals surface area contributed by atoms with Gasteiger partial charge in [0.2, 0.25) is 11.8 Å². The quantitative estimate of drug-likeness (QED) is 0.852. The van der Waals surface area contributed by atoms with Crippen LogP contribution in [0.5, 0.6) is 0 Å². The smallest absolute Gasteiger partial charge is 0.239 e. The summed E-state index contributed by atoms with van der Waals surface area (Å²) in [4.78, 5) is 28.5. The molecule has 2 fully saturated rings. The van der Waals surface area contributed by atoms with E-state index in [9.17, 15) is 9.59 Å². The van der Waals surface area contributed by atoms with Gasteiger partial charge in [-0.1, -0.05) is 43.2 Å². The van der Waals surface area contributed by atoms with Gasteiger partial charge >= 0.3 is 0 Å². The van der Waals surface area contributed by atoms with E-state index in [1.54, 1.807) is 4.90 Å². The minimum atomic E-state index is -0.0454. The molecule has 5 nitrogen and oxygen atoms in total. The fourth-order valence-electron chi connectivity index (χ4n) is 4.01. The summed E-state index contributed by atoms with van der Waals surface area (Å²) in [7, 11) is 0. The molecule has 0 saturated carbocycles. The largest absolute Gasteiger partial charge is 0.353 e. The number of hydrogen-bond acceptors (Lipinski definition) is 3. The lowest BCUT2D eigenvalue weighted by molar-refractivity contribution is -0.137. The Morgan fingerprint density at radius 1 is 0.962 bits per heavy atom. The van der Waals surface area contributed by atoms with Gasteiger partial charge < -0.3 is 10.2 Å². The van der Waals surface area contributed by atoms with Crippen LogP contribution in [0.4, 0.5) is 0 Å². The van der Waals surface area contributed by atoms with Gasteiger partial charge in [-0.05, 0) is 44.3 Å². The lowest BCUT2D eigenvalue weighted by Gasteiger charge is -2.32. The van der Waals surface area contributed by atoms with E-state index in [1.165, 1.54) is 31.2 Å². The number of likely N-dealkylation sites (tertiary alicyclic amines) is 2. The van der Waals surface area contributed by atoms with Crippen LogP contribution in [0.15, 0.2) is 30.3 Å². The van der Waals surface area contributed by atoms with Crippen molar-refractivity contribution in [3.63, 3.8) is 0 Å². The third kappa shape index (κ3) is 5.31. The van der Waals surface area contributed by atoms with E-state index in [-0.39, 0.29) is 24.4 Å². The molecule has 0 aromatic heterocycles. The molecule has 26 heavy (non-hydrogen) atoms. The summed E-state index contributed by atoms with van der Waals surface area (Å²) < 4.78 is 0. The van der Waals surface area contributed by atoms with Crippen LogP contribution in [0.1, 0.15) is 56.6 Å². The standard InChI is InChI=1S/C21H31N3O2/c25-20(17-24-15-9-6-12-21(24)26)22-16-19(18-10-4-3-5-11-18)23-13-7-1-2-8-14-23/h3-5,10-11,19H,1-2,6-9,12-17H2,(H,22,25)/t19-/m1/s1. The zero-order chi connectivity index (χ0) is 18.2. The molecule has 2 aliphatic heterocycles. The summed E-state index contributed by atoms with van der Waals surface area (Å²) >= 11 is 0. The molecule has 3 rings (SSSR count). The molecule has 1 aromatic carbocycles. The van der Waals surface area contributed by atoms with Crippen molar-refractivity contribution >= 4 is 11.8 Å². The first kappa shape index (κ1) is 18.9. The maximum Gasteiger partial charge on any atom is 0.239 e. The van der Waals surface area contributed by atoms with Crippen molar-refractivity contribution in [3.8, 4) is 0 Å². The summed E-state index contributed by atoms with van der Waals surface area (Å²) in [5, 5.41) is 3.09. The molecule has 0 unspecified atom stereocenters. The van der Waals surface area contributed by atoms with Crippen molar-refractivity contribution < 1.29 is 9.59 Å². The highest BCUT2D eigenvalue weighted by molar-refractivity contribution is 5.85. The minimum Gasteiger partial charge on any atom is -0.353 e. The summed E-state index contributed by atoms with van der Waals surface area (Å²) in [5.74, 6) is 0.0644. The molecule has 1 atom stereocenters. The maximum atomic E-state index is 12.4. The number of nitrogens with zero attached hydrogens (tertiary/aromatic N) is 2. The van der Waals surface area contributed by atoms with Gasteiger partial charge in [0.25, 0.3) is 0 Å². The minimum absolute atomic E-state index is 0.0454. The molecule has 2 heterocycles. The second kappa shape index (κ2) is 9.72. The number of benzene rings is 1. The predicted molar refractivity (Wildman–Crippen MR) is 103 cm³/mol. The van der Waals surface area contributed by atoms with Crippen molar-refractivity contribution in [2.45, 2.75) is 51.0 Å². The van der Waals surface area contributed by atoms with Crippen molar-refractivity contribution in [1.82, 2.24) is 15.1 Å². The van der Waals surface area contributed by atoms with Gasteiger partial charge in [-0.25, -0.2) is 0 Å². The fourth-order valence-corrected chi connectivity index (χ4v) is 4.01. The van der Waals surface area contributed by atoms with Gasteiger partial charge in [-0.3, -0.25) is 14.5 Å². The third-order valence-electron chi connectivity index (χ3n) is 5.51. The molecule has 0 spiro atoms. The molecule has 0 radical (unpaired) electrons. The number of carbonyl (C=O) groups excluding carboxylic acids is 2. The molecule has 2 aliphatic rings. The van der Waals surface area contributed by atoms with Gasteiger partial charge in [0.1, 0.15) is 0 Å². The Morgan fingerprint density at radius 3 is 2.35 bits per heavy atom. The van der Waals surface area contributed by atoms with E-state index >= 15 is 0 Å². The molecule has 2 amide bonds. The van der Waals surface area contributed by atoms with Crippen LogP contribution in [0, 0.1) is 0 Å². The van der Waals surface area contributed by atoms with Gasteiger partial charge in [0.15, 0.2) is 0 Å². The van der Waals surface area contributed by atoms with Crippen LogP contribution < -0.4 is 5.32 Å². The predicted octanol–water partition coefficient (Wildman–Crippen LogP) is 2.73. The fraction of sp³-hybridized carbons (Fsp3) is 0.619. The summed E-state index contributed by atoms with van der Waals surface area (Å²) in [6.45, 7) is 3.67. The molecule has 0 bridgehead atoms. The van der Waals surface area contributed by atoms with Crippen molar-refractivity contribution in [3.05, 3.63) is 35.9 Å². The molecule has 2 saturated heterocycles. The Morgan fingerprint density at radius 2 is 1.65 bits per heavy atom. The molecule has 1 N–H and O–H groups in total. The highest BCUT2D eigenvalue weighted by Gasteiger charge is 2.24. The number of hydrogen-bond donors (Lipinski definition) is 1. The molecule has 0 aliphatic carbocycles. The Kier molecular flexibility index (Phi) is 7.06. The number of rotatable bonds is 6. The van der Waals surface area contributed by atoms with Gasteiger partial charge in [-0.2, -0.15) is 0 Å². The number of amides is 2. The Hall–Kier alpha value is -1.88. The average Bonchev–Trinajstić information content (AvgIpc) is 2.94. The van der Waals surface area contributed by atoms with E-state index < -0.39 is 0 Å². The lowest BCUT2D eigenvalue weighted by atomic mass is 10.0. The second-order valence-corrected chi connectivity index (χ2v) is 7.45. The zero-order valence-corrected chi connectivity index (χ0v) is 15.7. The molecule has 5 heteroatoms. The third-order valence-corrected chi connectivity index (χ3v) is 5.51. The Balaban J connectivity index is 1.60. The first-order chi connectivity index (χ1) is 12.7. The molecule has 1 aromatic rings. The highest BCUT2D eigenvalue weighted by Crippen LogP contribution is 2.23. The topological polar surface area (TPSA) is 52.7 Å². The number of carbonyl (C=O) groups is 2. The normalized spacial score (nSPS) is 20.5. The monoisotopic (exact) mass is 357 g/mol. The second-order valence-electron chi connectivity index (χ2n) is 7.45. The van der Waals surface area contributed by atoms with Crippen LogP contribution in [-0.4, -0.2) is 54.3 Å². The first-order valence-corrected chi connectivity index (χ1v) is 10.1. The molecular formula is C21H31N3O2. The molecular weight excluding hydrogens is 326 g/mol. The SMILES string of the molecule is O=C(CN1CCCCC1=O)NC[C@H](c1ccccc1)N1CCCCCC1.